The second kappa shape index (κ2) is 8.81. The lowest BCUT2D eigenvalue weighted by Crippen LogP contribution is -2.57. The fourth-order valence-corrected chi connectivity index (χ4v) is 4.37. The summed E-state index contributed by atoms with van der Waals surface area (Å²) in [4.78, 5) is 41.0. The van der Waals surface area contributed by atoms with E-state index in [9.17, 15) is 9.59 Å². The number of benzene rings is 1. The number of piperazine rings is 1. The average molecular weight is 408 g/mol. The van der Waals surface area contributed by atoms with Crippen LogP contribution in [-0.4, -0.2) is 70.3 Å². The van der Waals surface area contributed by atoms with Crippen molar-refractivity contribution in [1.82, 2.24) is 19.8 Å². The molecule has 2 fully saturated rings. The van der Waals surface area contributed by atoms with Gasteiger partial charge in [0.15, 0.2) is 0 Å². The molecule has 0 radical (unpaired) electrons. The molecule has 1 unspecified atom stereocenters. The van der Waals surface area contributed by atoms with Crippen LogP contribution >= 0.6 is 0 Å². The van der Waals surface area contributed by atoms with Gasteiger partial charge in [-0.2, -0.15) is 0 Å². The van der Waals surface area contributed by atoms with Gasteiger partial charge in [0.25, 0.3) is 5.91 Å². The van der Waals surface area contributed by atoms with E-state index in [1.54, 1.807) is 11.2 Å². The molecule has 7 nitrogen and oxygen atoms in total. The van der Waals surface area contributed by atoms with Crippen LogP contribution in [0.3, 0.4) is 0 Å². The standard InChI is InChI=1S/C23H29N5O2/c1-17-18(2)24-16-25-21(17)26-12-14-27(15-13-26)23(30)20-10-6-7-11-28(20)22(29)19-8-4-3-5-9-19/h3-5,8-9,16,20H,6-7,10-15H2,1-2H3. The first-order valence-electron chi connectivity index (χ1n) is 10.7. The highest BCUT2D eigenvalue weighted by molar-refractivity contribution is 5.97. The van der Waals surface area contributed by atoms with E-state index in [-0.39, 0.29) is 17.9 Å². The van der Waals surface area contributed by atoms with Crippen molar-refractivity contribution in [1.29, 1.82) is 0 Å². The lowest BCUT2D eigenvalue weighted by Gasteiger charge is -2.41. The molecule has 1 atom stereocenters. The van der Waals surface area contributed by atoms with Gasteiger partial charge in [-0.3, -0.25) is 9.59 Å². The third kappa shape index (κ3) is 4.01. The molecule has 1 aromatic heterocycles. The van der Waals surface area contributed by atoms with Crippen molar-refractivity contribution in [2.24, 2.45) is 0 Å². The van der Waals surface area contributed by atoms with Gasteiger partial charge in [0.1, 0.15) is 18.2 Å². The van der Waals surface area contributed by atoms with Gasteiger partial charge < -0.3 is 14.7 Å². The molecule has 2 aromatic rings. The fraction of sp³-hybridized carbons (Fsp3) is 0.478. The summed E-state index contributed by atoms with van der Waals surface area (Å²) in [5, 5.41) is 0. The lowest BCUT2D eigenvalue weighted by atomic mass is 9.99. The smallest absolute Gasteiger partial charge is 0.254 e. The lowest BCUT2D eigenvalue weighted by molar-refractivity contribution is -0.137. The number of rotatable bonds is 3. The van der Waals surface area contributed by atoms with Gasteiger partial charge >= 0.3 is 0 Å². The monoisotopic (exact) mass is 407 g/mol. The van der Waals surface area contributed by atoms with Crippen molar-refractivity contribution in [2.45, 2.75) is 39.2 Å². The SMILES string of the molecule is Cc1ncnc(N2CCN(C(=O)C3CCCCN3C(=O)c3ccccc3)CC2)c1C. The fourth-order valence-electron chi connectivity index (χ4n) is 4.37. The van der Waals surface area contributed by atoms with Crippen molar-refractivity contribution in [2.75, 3.05) is 37.6 Å². The number of anilines is 1. The first-order valence-corrected chi connectivity index (χ1v) is 10.7. The first kappa shape index (κ1) is 20.3. The van der Waals surface area contributed by atoms with Crippen molar-refractivity contribution >= 4 is 17.6 Å². The Kier molecular flexibility index (Phi) is 5.97. The van der Waals surface area contributed by atoms with E-state index >= 15 is 0 Å². The molecule has 3 heterocycles. The minimum Gasteiger partial charge on any atom is -0.353 e. The zero-order valence-corrected chi connectivity index (χ0v) is 17.8. The van der Waals surface area contributed by atoms with Gasteiger partial charge in [-0.25, -0.2) is 9.97 Å². The van der Waals surface area contributed by atoms with Crippen LogP contribution in [0.25, 0.3) is 0 Å². The highest BCUT2D eigenvalue weighted by atomic mass is 16.2. The maximum Gasteiger partial charge on any atom is 0.254 e. The van der Waals surface area contributed by atoms with Crippen LogP contribution in [0, 0.1) is 13.8 Å². The molecule has 4 rings (SSSR count). The Balaban J connectivity index is 1.43. The number of amides is 2. The minimum absolute atomic E-state index is 0.0422. The van der Waals surface area contributed by atoms with Gasteiger partial charge in [-0.15, -0.1) is 0 Å². The predicted octanol–water partition coefficient (Wildman–Crippen LogP) is 2.44. The predicted molar refractivity (Wildman–Crippen MR) is 115 cm³/mol. The number of piperidine rings is 1. The topological polar surface area (TPSA) is 69.6 Å². The number of hydrogen-bond acceptors (Lipinski definition) is 5. The van der Waals surface area contributed by atoms with Crippen LogP contribution in [0.1, 0.15) is 40.9 Å². The summed E-state index contributed by atoms with van der Waals surface area (Å²) >= 11 is 0. The molecule has 7 heteroatoms. The Hall–Kier alpha value is -2.96. The molecule has 0 spiro atoms. The van der Waals surface area contributed by atoms with Crippen LogP contribution in [0.4, 0.5) is 5.82 Å². The molecule has 1 aromatic carbocycles. The Morgan fingerprint density at radius 1 is 0.933 bits per heavy atom. The Morgan fingerprint density at radius 3 is 2.40 bits per heavy atom. The normalized spacial score (nSPS) is 19.7. The van der Waals surface area contributed by atoms with Crippen molar-refractivity contribution in [3.8, 4) is 0 Å². The number of hydrogen-bond donors (Lipinski definition) is 0. The molecule has 30 heavy (non-hydrogen) atoms. The Morgan fingerprint density at radius 2 is 1.67 bits per heavy atom. The molecule has 0 bridgehead atoms. The largest absolute Gasteiger partial charge is 0.353 e. The second-order valence-corrected chi connectivity index (χ2v) is 8.10. The van der Waals surface area contributed by atoms with E-state index in [0.29, 0.717) is 25.2 Å². The maximum absolute atomic E-state index is 13.4. The molecular formula is C23H29N5O2. The van der Waals surface area contributed by atoms with E-state index in [2.05, 4.69) is 14.9 Å². The molecule has 0 aliphatic carbocycles. The summed E-state index contributed by atoms with van der Waals surface area (Å²) in [6.45, 7) is 7.43. The number of likely N-dealkylation sites (tertiary alicyclic amines) is 1. The van der Waals surface area contributed by atoms with E-state index in [4.69, 9.17) is 0 Å². The summed E-state index contributed by atoms with van der Waals surface area (Å²) in [7, 11) is 0. The van der Waals surface area contributed by atoms with Gasteiger partial charge in [-0.1, -0.05) is 18.2 Å². The molecule has 2 amide bonds. The van der Waals surface area contributed by atoms with Crippen LogP contribution in [0.5, 0.6) is 0 Å². The van der Waals surface area contributed by atoms with E-state index < -0.39 is 0 Å². The maximum atomic E-state index is 13.4. The third-order valence-electron chi connectivity index (χ3n) is 6.27. The summed E-state index contributed by atoms with van der Waals surface area (Å²) in [5.74, 6) is 0.988. The molecular weight excluding hydrogens is 378 g/mol. The number of nitrogens with zero attached hydrogens (tertiary/aromatic N) is 5. The molecule has 0 N–H and O–H groups in total. The molecule has 158 valence electrons. The van der Waals surface area contributed by atoms with E-state index in [1.807, 2.05) is 49.1 Å². The average Bonchev–Trinajstić information content (AvgIpc) is 2.80. The molecule has 0 saturated carbocycles. The molecule has 2 aliphatic rings. The van der Waals surface area contributed by atoms with Crippen LogP contribution in [0.15, 0.2) is 36.7 Å². The quantitative estimate of drug-likeness (QED) is 0.782. The zero-order chi connectivity index (χ0) is 21.1. The summed E-state index contributed by atoms with van der Waals surface area (Å²) < 4.78 is 0. The van der Waals surface area contributed by atoms with Gasteiger partial charge in [0.05, 0.1) is 0 Å². The van der Waals surface area contributed by atoms with Gasteiger partial charge in [-0.05, 0) is 45.2 Å². The van der Waals surface area contributed by atoms with Crippen molar-refractivity contribution in [3.63, 3.8) is 0 Å². The molecule has 2 saturated heterocycles. The third-order valence-corrected chi connectivity index (χ3v) is 6.27. The van der Waals surface area contributed by atoms with Crippen LogP contribution < -0.4 is 4.90 Å². The van der Waals surface area contributed by atoms with Crippen molar-refractivity contribution < 1.29 is 9.59 Å². The van der Waals surface area contributed by atoms with E-state index in [1.165, 1.54) is 0 Å². The number of aryl methyl sites for hydroxylation is 1. The van der Waals surface area contributed by atoms with Crippen LogP contribution in [0.2, 0.25) is 0 Å². The van der Waals surface area contributed by atoms with Crippen LogP contribution in [-0.2, 0) is 4.79 Å². The van der Waals surface area contributed by atoms with Crippen molar-refractivity contribution in [3.05, 3.63) is 53.5 Å². The summed E-state index contributed by atoms with van der Waals surface area (Å²) in [6, 6.07) is 8.91. The zero-order valence-electron chi connectivity index (χ0n) is 17.8. The minimum atomic E-state index is -0.360. The van der Waals surface area contributed by atoms with E-state index in [0.717, 1.165) is 49.4 Å². The summed E-state index contributed by atoms with van der Waals surface area (Å²) in [5.41, 5.74) is 2.72. The number of carbonyl (C=O) groups excluding carboxylic acids is 2. The second-order valence-electron chi connectivity index (χ2n) is 8.10. The number of carbonyl (C=O) groups is 2. The molecule has 2 aliphatic heterocycles. The Labute approximate surface area is 177 Å². The first-order chi connectivity index (χ1) is 14.6. The van der Waals surface area contributed by atoms with Gasteiger partial charge in [0, 0.05) is 49.5 Å². The Bertz CT molecular complexity index is 909. The highest BCUT2D eigenvalue weighted by Gasteiger charge is 2.36. The summed E-state index contributed by atoms with van der Waals surface area (Å²) in [6.07, 6.45) is 4.27. The number of aromatic nitrogens is 2. The highest BCUT2D eigenvalue weighted by Crippen LogP contribution is 2.24. The van der Waals surface area contributed by atoms with Gasteiger partial charge in [0.2, 0.25) is 5.91 Å².